The van der Waals surface area contributed by atoms with Crippen LogP contribution in [0.5, 0.6) is 0 Å². The van der Waals surface area contributed by atoms with E-state index in [1.54, 1.807) is 0 Å². The Morgan fingerprint density at radius 3 is 2.08 bits per heavy atom. The lowest BCUT2D eigenvalue weighted by Crippen LogP contribution is -2.12. The van der Waals surface area contributed by atoms with E-state index in [1.807, 2.05) is 55.7 Å². The molecule has 0 aliphatic heterocycles. The number of rotatable bonds is 2. The zero-order valence-corrected chi connectivity index (χ0v) is 15.3. The van der Waals surface area contributed by atoms with Crippen molar-refractivity contribution in [3.8, 4) is 22.3 Å². The van der Waals surface area contributed by atoms with Crippen molar-refractivity contribution in [2.45, 2.75) is 13.8 Å². The molecule has 4 aromatic rings. The van der Waals surface area contributed by atoms with Crippen molar-refractivity contribution in [3.05, 3.63) is 94.3 Å². The van der Waals surface area contributed by atoms with Crippen LogP contribution in [-0.4, -0.2) is 4.57 Å². The summed E-state index contributed by atoms with van der Waals surface area (Å²) in [6.07, 6.45) is 1.96. The average Bonchev–Trinajstić information content (AvgIpc) is 2.66. The molecule has 0 fully saturated rings. The molecule has 1 heterocycles. The number of hydrogen-bond donors (Lipinski definition) is 0. The van der Waals surface area contributed by atoms with Crippen LogP contribution in [-0.2, 0) is 7.05 Å². The second-order valence-electron chi connectivity index (χ2n) is 6.87. The van der Waals surface area contributed by atoms with Crippen LogP contribution in [0.3, 0.4) is 0 Å². The molecule has 3 aromatic carbocycles. The molecular weight excluding hydrogens is 318 g/mol. The minimum atomic E-state index is 0.0875. The fraction of sp³-hybridized carbons (Fsp3) is 0.125. The number of hydrogen-bond acceptors (Lipinski definition) is 1. The third kappa shape index (κ3) is 2.64. The second-order valence-corrected chi connectivity index (χ2v) is 6.87. The van der Waals surface area contributed by atoms with Gasteiger partial charge < -0.3 is 4.57 Å². The first-order valence-electron chi connectivity index (χ1n) is 8.81. The Morgan fingerprint density at radius 2 is 1.38 bits per heavy atom. The first kappa shape index (κ1) is 16.3. The second kappa shape index (κ2) is 6.30. The van der Waals surface area contributed by atoms with Crippen LogP contribution in [0.15, 0.2) is 77.7 Å². The highest BCUT2D eigenvalue weighted by atomic mass is 16.1. The Balaban J connectivity index is 2.11. The lowest BCUT2D eigenvalue weighted by atomic mass is 9.95. The number of aromatic nitrogens is 1. The standard InChI is InChI=1S/C24H21NO/c1-16-9-12-19(13-10-16)21-15-25(3)23-17(2)11-14-20(22(23)24(21)26)18-7-5-4-6-8-18/h4-15H,1-3H3. The molecular formula is C24H21NO. The fourth-order valence-corrected chi connectivity index (χ4v) is 3.63. The minimum absolute atomic E-state index is 0.0875. The number of fused-ring (bicyclic) bond motifs is 1. The van der Waals surface area contributed by atoms with Crippen LogP contribution in [0.1, 0.15) is 11.1 Å². The van der Waals surface area contributed by atoms with Crippen LogP contribution in [0, 0.1) is 13.8 Å². The Morgan fingerprint density at radius 1 is 0.731 bits per heavy atom. The van der Waals surface area contributed by atoms with Crippen molar-refractivity contribution in [2.24, 2.45) is 7.05 Å². The molecule has 0 aliphatic rings. The molecule has 0 bridgehead atoms. The van der Waals surface area contributed by atoms with Crippen LogP contribution in [0.4, 0.5) is 0 Å². The third-order valence-corrected chi connectivity index (χ3v) is 4.97. The van der Waals surface area contributed by atoms with E-state index in [9.17, 15) is 4.79 Å². The molecule has 0 saturated heterocycles. The smallest absolute Gasteiger partial charge is 0.197 e. The first-order valence-corrected chi connectivity index (χ1v) is 8.81. The zero-order valence-electron chi connectivity index (χ0n) is 15.3. The predicted molar refractivity (Wildman–Crippen MR) is 110 cm³/mol. The van der Waals surface area contributed by atoms with E-state index >= 15 is 0 Å². The molecule has 0 atom stereocenters. The molecule has 0 spiro atoms. The van der Waals surface area contributed by atoms with E-state index in [2.05, 4.69) is 42.7 Å². The molecule has 128 valence electrons. The average molecular weight is 339 g/mol. The van der Waals surface area contributed by atoms with Gasteiger partial charge in [0.2, 0.25) is 0 Å². The summed E-state index contributed by atoms with van der Waals surface area (Å²) in [5.41, 5.74) is 7.12. The molecule has 1 aromatic heterocycles. The van der Waals surface area contributed by atoms with Gasteiger partial charge in [-0.25, -0.2) is 0 Å². The lowest BCUT2D eigenvalue weighted by Gasteiger charge is -2.15. The topological polar surface area (TPSA) is 22.0 Å². The molecule has 2 nitrogen and oxygen atoms in total. The zero-order chi connectivity index (χ0) is 18.3. The third-order valence-electron chi connectivity index (χ3n) is 4.97. The van der Waals surface area contributed by atoms with E-state index in [4.69, 9.17) is 0 Å². The highest BCUT2D eigenvalue weighted by Crippen LogP contribution is 2.30. The number of pyridine rings is 1. The summed E-state index contributed by atoms with van der Waals surface area (Å²) in [7, 11) is 2.02. The van der Waals surface area contributed by atoms with Gasteiger partial charge in [-0.3, -0.25) is 4.79 Å². The van der Waals surface area contributed by atoms with E-state index in [1.165, 1.54) is 5.56 Å². The van der Waals surface area contributed by atoms with Gasteiger partial charge in [-0.2, -0.15) is 0 Å². The van der Waals surface area contributed by atoms with Gasteiger partial charge in [0.15, 0.2) is 5.43 Å². The maximum absolute atomic E-state index is 13.5. The summed E-state index contributed by atoms with van der Waals surface area (Å²) in [5, 5.41) is 0.789. The Kier molecular flexibility index (Phi) is 3.96. The lowest BCUT2D eigenvalue weighted by molar-refractivity contribution is 0.947. The summed E-state index contributed by atoms with van der Waals surface area (Å²) in [4.78, 5) is 13.5. The van der Waals surface area contributed by atoms with Gasteiger partial charge in [0.05, 0.1) is 10.9 Å². The molecule has 0 amide bonds. The Bertz CT molecular complexity index is 1150. The first-order chi connectivity index (χ1) is 12.6. The van der Waals surface area contributed by atoms with Crippen LogP contribution in [0.2, 0.25) is 0 Å². The molecule has 0 aliphatic carbocycles. The maximum atomic E-state index is 13.5. The largest absolute Gasteiger partial charge is 0.349 e. The Hall–Kier alpha value is -3.13. The quantitative estimate of drug-likeness (QED) is 0.473. The summed E-state index contributed by atoms with van der Waals surface area (Å²) < 4.78 is 2.08. The van der Waals surface area contributed by atoms with Crippen LogP contribution in [0.25, 0.3) is 33.2 Å². The molecule has 4 rings (SSSR count). The van der Waals surface area contributed by atoms with E-state index in [0.29, 0.717) is 0 Å². The molecule has 0 saturated carbocycles. The van der Waals surface area contributed by atoms with Gasteiger partial charge in [-0.15, -0.1) is 0 Å². The molecule has 0 unspecified atom stereocenters. The van der Waals surface area contributed by atoms with Gasteiger partial charge in [0, 0.05) is 18.8 Å². The van der Waals surface area contributed by atoms with Crippen LogP contribution < -0.4 is 5.43 Å². The molecule has 2 heteroatoms. The van der Waals surface area contributed by atoms with Crippen molar-refractivity contribution in [2.75, 3.05) is 0 Å². The summed E-state index contributed by atoms with van der Waals surface area (Å²) in [6, 6.07) is 22.4. The summed E-state index contributed by atoms with van der Waals surface area (Å²) >= 11 is 0. The highest BCUT2D eigenvalue weighted by molar-refractivity contribution is 5.98. The van der Waals surface area contributed by atoms with Crippen molar-refractivity contribution >= 4 is 10.9 Å². The summed E-state index contributed by atoms with van der Waals surface area (Å²) in [5.74, 6) is 0. The Labute approximate surface area is 153 Å². The van der Waals surface area contributed by atoms with Crippen molar-refractivity contribution in [1.82, 2.24) is 4.57 Å². The molecule has 0 radical (unpaired) electrons. The minimum Gasteiger partial charge on any atom is -0.349 e. The summed E-state index contributed by atoms with van der Waals surface area (Å²) in [6.45, 7) is 4.11. The van der Waals surface area contributed by atoms with E-state index in [0.717, 1.165) is 38.7 Å². The normalized spacial score (nSPS) is 11.0. The van der Waals surface area contributed by atoms with E-state index < -0.39 is 0 Å². The fourth-order valence-electron chi connectivity index (χ4n) is 3.63. The monoisotopic (exact) mass is 339 g/mol. The van der Waals surface area contributed by atoms with Gasteiger partial charge in [0.1, 0.15) is 0 Å². The number of nitrogens with zero attached hydrogens (tertiary/aromatic N) is 1. The van der Waals surface area contributed by atoms with E-state index in [-0.39, 0.29) is 5.43 Å². The van der Waals surface area contributed by atoms with Crippen molar-refractivity contribution in [3.63, 3.8) is 0 Å². The predicted octanol–water partition coefficient (Wildman–Crippen LogP) is 5.49. The maximum Gasteiger partial charge on any atom is 0.197 e. The van der Waals surface area contributed by atoms with Gasteiger partial charge in [-0.05, 0) is 36.1 Å². The SMILES string of the molecule is Cc1ccc(-c2cn(C)c3c(C)ccc(-c4ccccc4)c3c2=O)cc1. The van der Waals surface area contributed by atoms with Crippen molar-refractivity contribution in [1.29, 1.82) is 0 Å². The number of aryl methyl sites for hydroxylation is 3. The highest BCUT2D eigenvalue weighted by Gasteiger charge is 2.15. The molecule has 26 heavy (non-hydrogen) atoms. The number of benzene rings is 3. The van der Waals surface area contributed by atoms with Gasteiger partial charge in [-0.1, -0.05) is 72.3 Å². The van der Waals surface area contributed by atoms with Gasteiger partial charge in [0.25, 0.3) is 0 Å². The van der Waals surface area contributed by atoms with Gasteiger partial charge >= 0.3 is 0 Å². The van der Waals surface area contributed by atoms with Crippen molar-refractivity contribution < 1.29 is 0 Å². The molecule has 0 N–H and O–H groups in total. The van der Waals surface area contributed by atoms with Crippen LogP contribution >= 0.6 is 0 Å².